The van der Waals surface area contributed by atoms with Crippen molar-refractivity contribution in [3.8, 4) is 0 Å². The lowest BCUT2D eigenvalue weighted by atomic mass is 9.95. The van der Waals surface area contributed by atoms with Gasteiger partial charge in [-0.25, -0.2) is 0 Å². The molecule has 84 valence electrons. The minimum Gasteiger partial charge on any atom is -0.480 e. The lowest BCUT2D eigenvalue weighted by Crippen LogP contribution is -2.30. The van der Waals surface area contributed by atoms with E-state index in [0.717, 1.165) is 6.92 Å². The van der Waals surface area contributed by atoms with Gasteiger partial charge in [0.25, 0.3) is 0 Å². The summed E-state index contributed by atoms with van der Waals surface area (Å²) in [6, 6.07) is 1.42. The highest BCUT2D eigenvalue weighted by Crippen LogP contribution is 2.14. The first-order valence-corrected chi connectivity index (χ1v) is 5.11. The number of nitrogens with zero attached hydrogens (tertiary/aromatic N) is 1. The number of ketones is 2. The van der Waals surface area contributed by atoms with E-state index in [0.29, 0.717) is 4.47 Å². The van der Waals surface area contributed by atoms with Gasteiger partial charge in [-0.2, -0.15) is 0 Å². The van der Waals surface area contributed by atoms with Crippen molar-refractivity contribution in [2.24, 2.45) is 5.92 Å². The number of pyridine rings is 1. The number of aromatic nitrogens is 1. The van der Waals surface area contributed by atoms with Crippen LogP contribution in [0.4, 0.5) is 0 Å². The first-order chi connectivity index (χ1) is 7.43. The summed E-state index contributed by atoms with van der Waals surface area (Å²) in [5.41, 5.74) is 0.0944. The minimum atomic E-state index is -1.66. The van der Waals surface area contributed by atoms with Crippen molar-refractivity contribution in [2.45, 2.75) is 6.92 Å². The second-order valence-electron chi connectivity index (χ2n) is 3.14. The lowest BCUT2D eigenvalue weighted by molar-refractivity contribution is -0.143. The van der Waals surface area contributed by atoms with Gasteiger partial charge >= 0.3 is 5.97 Å². The van der Waals surface area contributed by atoms with Crippen LogP contribution in [0.5, 0.6) is 0 Å². The van der Waals surface area contributed by atoms with E-state index >= 15 is 0 Å². The Morgan fingerprint density at radius 1 is 1.38 bits per heavy atom. The van der Waals surface area contributed by atoms with E-state index in [1.54, 1.807) is 0 Å². The first-order valence-electron chi connectivity index (χ1n) is 4.31. The number of rotatable bonds is 4. The Morgan fingerprint density at radius 2 is 2.00 bits per heavy atom. The predicted molar refractivity (Wildman–Crippen MR) is 58.1 cm³/mol. The summed E-state index contributed by atoms with van der Waals surface area (Å²) in [5.74, 6) is -4.56. The van der Waals surface area contributed by atoms with Crippen LogP contribution in [0.25, 0.3) is 0 Å². The number of aliphatic carboxylic acids is 1. The Balaban J connectivity index is 3.09. The molecule has 0 aliphatic carbocycles. The van der Waals surface area contributed by atoms with Gasteiger partial charge in [0.05, 0.1) is 0 Å². The van der Waals surface area contributed by atoms with Crippen LogP contribution in [0, 0.1) is 5.92 Å². The predicted octanol–water partition coefficient (Wildman–Crippen LogP) is 1.32. The second kappa shape index (κ2) is 4.98. The summed E-state index contributed by atoms with van der Waals surface area (Å²) in [6.07, 6.45) is 2.69. The Labute approximate surface area is 99.6 Å². The van der Waals surface area contributed by atoms with Gasteiger partial charge in [0.15, 0.2) is 17.5 Å². The zero-order valence-corrected chi connectivity index (χ0v) is 9.89. The highest BCUT2D eigenvalue weighted by Gasteiger charge is 2.31. The summed E-state index contributed by atoms with van der Waals surface area (Å²) >= 11 is 3.11. The zero-order chi connectivity index (χ0) is 12.3. The maximum absolute atomic E-state index is 11.7. The topological polar surface area (TPSA) is 84.3 Å². The molecular weight excluding hydrogens is 278 g/mol. The van der Waals surface area contributed by atoms with Crippen LogP contribution in [-0.2, 0) is 9.59 Å². The smallest absolute Gasteiger partial charge is 0.322 e. The summed E-state index contributed by atoms with van der Waals surface area (Å²) in [4.78, 5) is 37.3. The molecule has 0 aromatic carbocycles. The molecule has 0 saturated heterocycles. The molecule has 1 N–H and O–H groups in total. The van der Waals surface area contributed by atoms with Crippen molar-refractivity contribution in [3.63, 3.8) is 0 Å². The van der Waals surface area contributed by atoms with E-state index in [9.17, 15) is 14.4 Å². The number of hydrogen-bond donors (Lipinski definition) is 1. The van der Waals surface area contributed by atoms with Gasteiger partial charge in [0.2, 0.25) is 0 Å². The molecule has 1 unspecified atom stereocenters. The maximum Gasteiger partial charge on any atom is 0.322 e. The fraction of sp³-hybridized carbons (Fsp3) is 0.200. The second-order valence-corrected chi connectivity index (χ2v) is 4.05. The number of carbonyl (C=O) groups is 3. The number of halogens is 1. The number of carbonyl (C=O) groups excluding carboxylic acids is 2. The molecule has 0 saturated carbocycles. The molecule has 16 heavy (non-hydrogen) atoms. The van der Waals surface area contributed by atoms with E-state index < -0.39 is 23.5 Å². The van der Waals surface area contributed by atoms with Gasteiger partial charge < -0.3 is 5.11 Å². The van der Waals surface area contributed by atoms with Crippen LogP contribution in [0.1, 0.15) is 17.3 Å². The molecule has 5 nitrogen and oxygen atoms in total. The standard InChI is InChI=1S/C10H8BrNO4/c1-5(13)8(10(15)16)9(14)6-2-7(11)4-12-3-6/h2-4,8H,1H3,(H,15,16). The Bertz CT molecular complexity index is 444. The first kappa shape index (κ1) is 12.5. The van der Waals surface area contributed by atoms with E-state index in [-0.39, 0.29) is 5.56 Å². The minimum absolute atomic E-state index is 0.0944. The molecule has 0 aliphatic rings. The molecule has 1 aromatic heterocycles. The molecule has 0 amide bonds. The van der Waals surface area contributed by atoms with Crippen LogP contribution in [0.3, 0.4) is 0 Å². The molecule has 1 heterocycles. The SMILES string of the molecule is CC(=O)C(C(=O)O)C(=O)c1cncc(Br)c1. The van der Waals surface area contributed by atoms with Gasteiger partial charge in [-0.05, 0) is 28.9 Å². The third-order valence-corrected chi connectivity index (χ3v) is 2.34. The summed E-state index contributed by atoms with van der Waals surface area (Å²) in [6.45, 7) is 1.07. The molecule has 0 radical (unpaired) electrons. The number of carboxylic acids is 1. The van der Waals surface area contributed by atoms with Crippen molar-refractivity contribution < 1.29 is 19.5 Å². The van der Waals surface area contributed by atoms with Crippen molar-refractivity contribution >= 4 is 33.5 Å². The van der Waals surface area contributed by atoms with E-state index in [1.807, 2.05) is 0 Å². The van der Waals surface area contributed by atoms with Crippen molar-refractivity contribution in [2.75, 3.05) is 0 Å². The third-order valence-electron chi connectivity index (χ3n) is 1.91. The molecule has 1 atom stereocenters. The molecule has 0 spiro atoms. The normalized spacial score (nSPS) is 11.9. The van der Waals surface area contributed by atoms with Crippen molar-refractivity contribution in [1.29, 1.82) is 0 Å². The molecule has 1 aromatic rings. The monoisotopic (exact) mass is 285 g/mol. The maximum atomic E-state index is 11.7. The quantitative estimate of drug-likeness (QED) is 0.666. The average Bonchev–Trinajstić information content (AvgIpc) is 2.16. The van der Waals surface area contributed by atoms with Crippen LogP contribution >= 0.6 is 15.9 Å². The molecule has 0 fully saturated rings. The van der Waals surface area contributed by atoms with Crippen LogP contribution in [0.15, 0.2) is 22.9 Å². The van der Waals surface area contributed by atoms with Crippen LogP contribution in [-0.4, -0.2) is 27.6 Å². The zero-order valence-electron chi connectivity index (χ0n) is 8.31. The molecular formula is C10H8BrNO4. The Morgan fingerprint density at radius 3 is 2.44 bits per heavy atom. The number of Topliss-reactive ketones (excluding diaryl/α,β-unsaturated/α-hetero) is 2. The average molecular weight is 286 g/mol. The molecule has 0 aliphatic heterocycles. The van der Waals surface area contributed by atoms with Crippen LogP contribution in [0.2, 0.25) is 0 Å². The molecule has 6 heteroatoms. The lowest BCUT2D eigenvalue weighted by Gasteiger charge is -2.07. The fourth-order valence-corrected chi connectivity index (χ4v) is 1.55. The van der Waals surface area contributed by atoms with E-state index in [1.165, 1.54) is 18.5 Å². The summed E-state index contributed by atoms with van der Waals surface area (Å²) in [7, 11) is 0. The van der Waals surface area contributed by atoms with Crippen LogP contribution < -0.4 is 0 Å². The van der Waals surface area contributed by atoms with Gasteiger partial charge in [0.1, 0.15) is 0 Å². The highest BCUT2D eigenvalue weighted by molar-refractivity contribution is 9.10. The van der Waals surface area contributed by atoms with Gasteiger partial charge in [0, 0.05) is 22.4 Å². The third kappa shape index (κ3) is 2.73. The summed E-state index contributed by atoms with van der Waals surface area (Å²) in [5, 5.41) is 8.77. The molecule has 0 bridgehead atoms. The largest absolute Gasteiger partial charge is 0.480 e. The van der Waals surface area contributed by atoms with E-state index in [4.69, 9.17) is 5.11 Å². The Hall–Kier alpha value is -1.56. The highest BCUT2D eigenvalue weighted by atomic mass is 79.9. The molecule has 1 rings (SSSR count). The number of carboxylic acid groups (broad SMARTS) is 1. The van der Waals surface area contributed by atoms with Gasteiger partial charge in [-0.1, -0.05) is 0 Å². The fourth-order valence-electron chi connectivity index (χ4n) is 1.18. The Kier molecular flexibility index (Phi) is 3.89. The van der Waals surface area contributed by atoms with Gasteiger partial charge in [-0.3, -0.25) is 19.4 Å². The van der Waals surface area contributed by atoms with Crippen molar-refractivity contribution in [3.05, 3.63) is 28.5 Å². The van der Waals surface area contributed by atoms with Gasteiger partial charge in [-0.15, -0.1) is 0 Å². The summed E-state index contributed by atoms with van der Waals surface area (Å²) < 4.78 is 0.547. The van der Waals surface area contributed by atoms with E-state index in [2.05, 4.69) is 20.9 Å². The number of hydrogen-bond acceptors (Lipinski definition) is 4. The van der Waals surface area contributed by atoms with Crippen molar-refractivity contribution in [1.82, 2.24) is 4.98 Å².